The number of carbonyl (C=O) groups is 2. The van der Waals surface area contributed by atoms with Crippen LogP contribution in [0.25, 0.3) is 0 Å². The maximum atomic E-state index is 13.1. The maximum absolute atomic E-state index is 13.1. The molecular weight excluding hydrogens is 390 g/mol. The largest absolute Gasteiger partial charge is 0.444 e. The Morgan fingerprint density at radius 2 is 1.83 bits per heavy atom. The Hall–Kier alpha value is -2.44. The van der Waals surface area contributed by atoms with Crippen LogP contribution in [-0.2, 0) is 9.53 Å². The summed E-state index contributed by atoms with van der Waals surface area (Å²) in [6.45, 7) is 12.3. The highest BCUT2D eigenvalue weighted by atomic mass is 19.1. The monoisotopic (exact) mass is 422 g/mol. The van der Waals surface area contributed by atoms with Crippen molar-refractivity contribution in [2.75, 3.05) is 13.1 Å². The first-order chi connectivity index (χ1) is 14.0. The number of piperazine rings is 1. The second kappa shape index (κ2) is 9.58. The van der Waals surface area contributed by atoms with Crippen molar-refractivity contribution in [3.05, 3.63) is 48.6 Å². The van der Waals surface area contributed by atoms with Crippen LogP contribution in [-0.4, -0.2) is 52.1 Å². The van der Waals surface area contributed by atoms with E-state index in [-0.39, 0.29) is 18.0 Å². The van der Waals surface area contributed by atoms with Gasteiger partial charge in [0.1, 0.15) is 22.8 Å². The number of amides is 2. The van der Waals surface area contributed by atoms with Crippen LogP contribution in [0.2, 0.25) is 0 Å². The normalized spacial score (nSPS) is 20.6. The van der Waals surface area contributed by atoms with Crippen LogP contribution < -0.4 is 0 Å². The van der Waals surface area contributed by atoms with Crippen LogP contribution in [0.5, 0.6) is 0 Å². The lowest BCUT2D eigenvalue weighted by Crippen LogP contribution is -2.69. The molecule has 5 nitrogen and oxygen atoms in total. The van der Waals surface area contributed by atoms with Gasteiger partial charge in [-0.2, -0.15) is 0 Å². The van der Waals surface area contributed by atoms with E-state index in [0.29, 0.717) is 13.1 Å². The lowest BCUT2D eigenvalue weighted by atomic mass is 9.89. The van der Waals surface area contributed by atoms with E-state index in [0.717, 1.165) is 31.7 Å². The summed E-state index contributed by atoms with van der Waals surface area (Å²) in [5, 5.41) is 0. The van der Waals surface area contributed by atoms with Crippen molar-refractivity contribution in [3.8, 4) is 0 Å². The number of hydrogen-bond donors (Lipinski definition) is 0. The van der Waals surface area contributed by atoms with Crippen molar-refractivity contribution >= 4 is 12.0 Å². The zero-order valence-electron chi connectivity index (χ0n) is 18.3. The van der Waals surface area contributed by atoms with Crippen molar-refractivity contribution in [1.29, 1.82) is 0 Å². The Balaban J connectivity index is 0.000000335. The summed E-state index contributed by atoms with van der Waals surface area (Å²) in [4.78, 5) is 29.2. The molecule has 2 amide bonds. The number of ether oxygens (including phenoxy) is 1. The molecule has 0 radical (unpaired) electrons. The molecule has 166 valence electrons. The van der Waals surface area contributed by atoms with Gasteiger partial charge in [-0.1, -0.05) is 25.0 Å². The molecule has 1 saturated heterocycles. The van der Waals surface area contributed by atoms with E-state index < -0.39 is 22.8 Å². The van der Waals surface area contributed by atoms with E-state index >= 15 is 0 Å². The number of rotatable bonds is 2. The predicted molar refractivity (Wildman–Crippen MR) is 112 cm³/mol. The van der Waals surface area contributed by atoms with Crippen LogP contribution in [0, 0.1) is 11.6 Å². The minimum atomic E-state index is -0.710. The van der Waals surface area contributed by atoms with E-state index in [4.69, 9.17) is 4.74 Å². The second-order valence-corrected chi connectivity index (χ2v) is 8.86. The van der Waals surface area contributed by atoms with Gasteiger partial charge in [-0.25, -0.2) is 13.6 Å². The van der Waals surface area contributed by atoms with E-state index in [9.17, 15) is 18.4 Å². The molecule has 2 aliphatic rings. The van der Waals surface area contributed by atoms with Crippen molar-refractivity contribution in [2.24, 2.45) is 0 Å². The summed E-state index contributed by atoms with van der Waals surface area (Å²) in [5.74, 6) is -1.02. The van der Waals surface area contributed by atoms with Gasteiger partial charge < -0.3 is 9.64 Å². The highest BCUT2D eigenvalue weighted by Gasteiger charge is 2.55. The third-order valence-electron chi connectivity index (χ3n) is 5.31. The Labute approximate surface area is 177 Å². The summed E-state index contributed by atoms with van der Waals surface area (Å²) < 4.78 is 29.4. The number of benzene rings is 1. The highest BCUT2D eigenvalue weighted by Crippen LogP contribution is 2.41. The summed E-state index contributed by atoms with van der Waals surface area (Å²) in [5.41, 5.74) is -1.26. The Kier molecular flexibility index (Phi) is 7.61. The SMILES string of the molecule is C=CCN1C(=O)C2(CCCC2)N(C(=O)OC(C)(C)C)CC1C.Fc1cccc(F)c1. The molecule has 1 saturated carbocycles. The van der Waals surface area contributed by atoms with Crippen LogP contribution >= 0.6 is 0 Å². The standard InChI is InChI=1S/C17H28N2O3.C6H4F2/c1-6-11-18-13(2)12-19(15(21)22-16(3,4)5)17(14(18)20)9-7-8-10-17;7-5-2-1-3-6(8)4-5/h6,13H,1,7-12H2,2-5H3;1-4H. The average Bonchev–Trinajstić information content (AvgIpc) is 3.11. The number of nitrogens with zero attached hydrogens (tertiary/aromatic N) is 2. The third kappa shape index (κ3) is 5.58. The molecule has 1 atom stereocenters. The third-order valence-corrected chi connectivity index (χ3v) is 5.31. The average molecular weight is 423 g/mol. The summed E-state index contributed by atoms with van der Waals surface area (Å²) in [6, 6.07) is 4.53. The fourth-order valence-corrected chi connectivity index (χ4v) is 3.99. The molecule has 2 fully saturated rings. The first-order valence-corrected chi connectivity index (χ1v) is 10.3. The van der Waals surface area contributed by atoms with Gasteiger partial charge in [-0.05, 0) is 52.7 Å². The van der Waals surface area contributed by atoms with Gasteiger partial charge in [0.2, 0.25) is 5.91 Å². The zero-order chi connectivity index (χ0) is 22.5. The van der Waals surface area contributed by atoms with Gasteiger partial charge in [0.15, 0.2) is 0 Å². The van der Waals surface area contributed by atoms with Crippen LogP contribution in [0.4, 0.5) is 13.6 Å². The smallest absolute Gasteiger partial charge is 0.411 e. The fraction of sp³-hybridized carbons (Fsp3) is 0.565. The van der Waals surface area contributed by atoms with Gasteiger partial charge in [0.05, 0.1) is 0 Å². The molecule has 1 unspecified atom stereocenters. The van der Waals surface area contributed by atoms with Crippen LogP contribution in [0.15, 0.2) is 36.9 Å². The summed E-state index contributed by atoms with van der Waals surface area (Å²) in [7, 11) is 0. The number of hydrogen-bond acceptors (Lipinski definition) is 3. The van der Waals surface area contributed by atoms with E-state index in [2.05, 4.69) is 6.58 Å². The van der Waals surface area contributed by atoms with Crippen molar-refractivity contribution in [2.45, 2.75) is 70.6 Å². The molecule has 0 bridgehead atoms. The Morgan fingerprint density at radius 3 is 2.27 bits per heavy atom. The number of carbonyl (C=O) groups excluding carboxylic acids is 2. The minimum Gasteiger partial charge on any atom is -0.444 e. The van der Waals surface area contributed by atoms with Crippen molar-refractivity contribution < 1.29 is 23.1 Å². The Morgan fingerprint density at radius 1 is 1.27 bits per heavy atom. The second-order valence-electron chi connectivity index (χ2n) is 8.86. The molecule has 1 aromatic carbocycles. The first kappa shape index (κ1) is 23.8. The van der Waals surface area contributed by atoms with Gasteiger partial charge >= 0.3 is 6.09 Å². The van der Waals surface area contributed by atoms with Gasteiger partial charge in [-0.15, -0.1) is 6.58 Å². The minimum absolute atomic E-state index is 0.0238. The van der Waals surface area contributed by atoms with Crippen LogP contribution in [0.3, 0.4) is 0 Å². The first-order valence-electron chi connectivity index (χ1n) is 10.3. The van der Waals surface area contributed by atoms with E-state index in [1.807, 2.05) is 32.6 Å². The summed E-state index contributed by atoms with van der Waals surface area (Å²) >= 11 is 0. The molecule has 3 rings (SSSR count). The Bertz CT molecular complexity index is 753. The zero-order valence-corrected chi connectivity index (χ0v) is 18.3. The maximum Gasteiger partial charge on any atom is 0.411 e. The highest BCUT2D eigenvalue weighted by molar-refractivity contribution is 5.92. The number of halogens is 2. The molecule has 0 aromatic heterocycles. The van der Waals surface area contributed by atoms with Gasteiger partial charge in [-0.3, -0.25) is 9.69 Å². The fourth-order valence-electron chi connectivity index (χ4n) is 3.99. The molecule has 1 heterocycles. The molecule has 7 heteroatoms. The van der Waals surface area contributed by atoms with Gasteiger partial charge in [0, 0.05) is 25.2 Å². The van der Waals surface area contributed by atoms with E-state index in [1.165, 1.54) is 18.2 Å². The molecule has 0 N–H and O–H groups in total. The molecular formula is C23H32F2N2O3. The molecule has 1 aromatic rings. The van der Waals surface area contributed by atoms with Crippen molar-refractivity contribution in [3.63, 3.8) is 0 Å². The predicted octanol–water partition coefficient (Wildman–Crippen LogP) is 4.92. The lowest BCUT2D eigenvalue weighted by molar-refractivity contribution is -0.153. The van der Waals surface area contributed by atoms with E-state index in [1.54, 1.807) is 11.0 Å². The lowest BCUT2D eigenvalue weighted by Gasteiger charge is -2.50. The van der Waals surface area contributed by atoms with Crippen molar-refractivity contribution in [1.82, 2.24) is 9.80 Å². The quantitative estimate of drug-likeness (QED) is 0.636. The van der Waals surface area contributed by atoms with Crippen LogP contribution in [0.1, 0.15) is 53.4 Å². The molecule has 1 aliphatic carbocycles. The molecule has 1 spiro atoms. The topological polar surface area (TPSA) is 49.9 Å². The summed E-state index contributed by atoms with van der Waals surface area (Å²) in [6.07, 6.45) is 4.78. The van der Waals surface area contributed by atoms with Gasteiger partial charge in [0.25, 0.3) is 0 Å². The molecule has 1 aliphatic heterocycles. The molecule has 30 heavy (non-hydrogen) atoms.